The summed E-state index contributed by atoms with van der Waals surface area (Å²) in [7, 11) is 3.69. The quantitative estimate of drug-likeness (QED) is 0.776. The maximum absolute atomic E-state index is 11.3. The van der Waals surface area contributed by atoms with Crippen molar-refractivity contribution in [1.82, 2.24) is 15.3 Å². The summed E-state index contributed by atoms with van der Waals surface area (Å²) in [6, 6.07) is 7.68. The molecule has 6 nitrogen and oxygen atoms in total. The average molecular weight is 316 g/mol. The van der Waals surface area contributed by atoms with Gasteiger partial charge in [0, 0.05) is 51.7 Å². The minimum absolute atomic E-state index is 0.0822. The molecule has 0 saturated heterocycles. The Labute approximate surface area is 136 Å². The molecule has 6 heteroatoms. The second-order valence-electron chi connectivity index (χ2n) is 5.53. The Hall–Kier alpha value is -2.18. The third-order valence-electron chi connectivity index (χ3n) is 3.74. The number of hydrogen-bond acceptors (Lipinski definition) is 5. The molecule has 23 heavy (non-hydrogen) atoms. The number of nitrogens with zero attached hydrogens (tertiary/aromatic N) is 2. The van der Waals surface area contributed by atoms with E-state index < -0.39 is 0 Å². The summed E-state index contributed by atoms with van der Waals surface area (Å²) in [4.78, 5) is 20.5. The zero-order valence-electron chi connectivity index (χ0n) is 13.9. The van der Waals surface area contributed by atoms with Gasteiger partial charge in [-0.2, -0.15) is 0 Å². The summed E-state index contributed by atoms with van der Waals surface area (Å²) in [5.74, 6) is 0.924. The van der Waals surface area contributed by atoms with Crippen molar-refractivity contribution in [2.24, 2.45) is 0 Å². The minimum Gasteiger partial charge on any atom is -0.383 e. The first-order valence-electron chi connectivity index (χ1n) is 7.67. The molecule has 1 atom stereocenters. The molecule has 0 bridgehead atoms. The van der Waals surface area contributed by atoms with E-state index >= 15 is 0 Å². The molecule has 2 aromatic heterocycles. The summed E-state index contributed by atoms with van der Waals surface area (Å²) in [6.45, 7) is 4.22. The zero-order valence-corrected chi connectivity index (χ0v) is 13.9. The predicted molar refractivity (Wildman–Crippen MR) is 91.7 cm³/mol. The van der Waals surface area contributed by atoms with Gasteiger partial charge in [-0.15, -0.1) is 0 Å². The normalized spacial score (nSPS) is 12.1. The van der Waals surface area contributed by atoms with Gasteiger partial charge in [-0.05, 0) is 30.2 Å². The van der Waals surface area contributed by atoms with Crippen LogP contribution in [0, 0.1) is 0 Å². The highest BCUT2D eigenvalue weighted by Gasteiger charge is 2.06. The van der Waals surface area contributed by atoms with E-state index in [-0.39, 0.29) is 11.6 Å². The van der Waals surface area contributed by atoms with Crippen LogP contribution in [0.5, 0.6) is 0 Å². The van der Waals surface area contributed by atoms with Gasteiger partial charge in [-0.1, -0.05) is 6.07 Å². The first-order valence-corrected chi connectivity index (χ1v) is 7.67. The maximum Gasteiger partial charge on any atom is 0.248 e. The smallest absolute Gasteiger partial charge is 0.248 e. The van der Waals surface area contributed by atoms with Crippen molar-refractivity contribution in [2.45, 2.75) is 19.5 Å². The highest BCUT2D eigenvalue weighted by Crippen LogP contribution is 2.12. The number of aromatic nitrogens is 2. The molecule has 1 unspecified atom stereocenters. The van der Waals surface area contributed by atoms with Gasteiger partial charge in [-0.25, -0.2) is 4.98 Å². The van der Waals surface area contributed by atoms with Crippen molar-refractivity contribution in [3.8, 4) is 0 Å². The van der Waals surface area contributed by atoms with Crippen LogP contribution >= 0.6 is 0 Å². The van der Waals surface area contributed by atoms with Crippen molar-refractivity contribution in [2.75, 3.05) is 32.2 Å². The number of aromatic amines is 1. The van der Waals surface area contributed by atoms with E-state index in [1.165, 1.54) is 0 Å². The van der Waals surface area contributed by atoms with E-state index in [0.717, 1.165) is 23.5 Å². The number of likely N-dealkylation sites (N-methyl/N-ethyl adjacent to an activating group) is 1. The molecule has 0 aliphatic carbocycles. The monoisotopic (exact) mass is 316 g/mol. The van der Waals surface area contributed by atoms with Crippen molar-refractivity contribution < 1.29 is 4.74 Å². The molecule has 0 amide bonds. The summed E-state index contributed by atoms with van der Waals surface area (Å²) in [5, 5.41) is 3.40. The molecule has 0 saturated carbocycles. The lowest BCUT2D eigenvalue weighted by Crippen LogP contribution is -2.23. The Balaban J connectivity index is 1.89. The van der Waals surface area contributed by atoms with Crippen LogP contribution in [-0.4, -0.2) is 37.3 Å². The molecule has 2 N–H and O–H groups in total. The summed E-state index contributed by atoms with van der Waals surface area (Å²) in [6.07, 6.45) is 3.54. The number of nitrogens with one attached hydrogen (secondary N) is 2. The Morgan fingerprint density at radius 1 is 1.39 bits per heavy atom. The van der Waals surface area contributed by atoms with E-state index in [0.29, 0.717) is 13.2 Å². The fourth-order valence-electron chi connectivity index (χ4n) is 2.21. The van der Waals surface area contributed by atoms with Gasteiger partial charge in [0.2, 0.25) is 5.56 Å². The van der Waals surface area contributed by atoms with Crippen LogP contribution in [0.15, 0.2) is 41.5 Å². The van der Waals surface area contributed by atoms with Crippen molar-refractivity contribution in [3.05, 3.63) is 58.1 Å². The molecular formula is C17H24N4O2. The first-order chi connectivity index (χ1) is 11.1. The van der Waals surface area contributed by atoms with E-state index in [4.69, 9.17) is 4.74 Å². The molecule has 0 aliphatic rings. The second-order valence-corrected chi connectivity index (χ2v) is 5.53. The van der Waals surface area contributed by atoms with Gasteiger partial charge in [-0.3, -0.25) is 4.79 Å². The number of anilines is 1. The standard InChI is InChI=1S/C17H24N4O2/c1-13(15-6-7-18-17(22)10-15)19-11-14-4-5-16(20-12-14)21(2)8-9-23-3/h4-7,10,12-13,19H,8-9,11H2,1-3H3,(H,18,22). The molecule has 0 aromatic carbocycles. The third kappa shape index (κ3) is 5.19. The van der Waals surface area contributed by atoms with Gasteiger partial charge < -0.3 is 19.9 Å². The Morgan fingerprint density at radius 3 is 2.87 bits per heavy atom. The molecule has 2 aromatic rings. The molecule has 0 radical (unpaired) electrons. The van der Waals surface area contributed by atoms with Crippen LogP contribution in [0.25, 0.3) is 0 Å². The van der Waals surface area contributed by atoms with Crippen LogP contribution < -0.4 is 15.8 Å². The van der Waals surface area contributed by atoms with E-state index in [1.807, 2.05) is 32.3 Å². The van der Waals surface area contributed by atoms with Crippen LogP contribution in [0.2, 0.25) is 0 Å². The molecular weight excluding hydrogens is 292 g/mol. The lowest BCUT2D eigenvalue weighted by molar-refractivity contribution is 0.206. The molecule has 0 fully saturated rings. The number of methoxy groups -OCH3 is 1. The minimum atomic E-state index is -0.0822. The van der Waals surface area contributed by atoms with Crippen LogP contribution in [-0.2, 0) is 11.3 Å². The average Bonchev–Trinajstić information content (AvgIpc) is 2.58. The number of hydrogen-bond donors (Lipinski definition) is 2. The van der Waals surface area contributed by atoms with Gasteiger partial charge in [0.15, 0.2) is 0 Å². The Morgan fingerprint density at radius 2 is 2.22 bits per heavy atom. The molecule has 124 valence electrons. The highest BCUT2D eigenvalue weighted by atomic mass is 16.5. The number of pyridine rings is 2. The van der Waals surface area contributed by atoms with Gasteiger partial charge in [0.1, 0.15) is 5.82 Å². The Bertz CT molecular complexity index is 654. The SMILES string of the molecule is COCCN(C)c1ccc(CNC(C)c2cc[nH]c(=O)c2)cn1. The largest absolute Gasteiger partial charge is 0.383 e. The van der Waals surface area contributed by atoms with Crippen LogP contribution in [0.1, 0.15) is 24.1 Å². The topological polar surface area (TPSA) is 70.2 Å². The summed E-state index contributed by atoms with van der Waals surface area (Å²) >= 11 is 0. The maximum atomic E-state index is 11.3. The number of rotatable bonds is 8. The van der Waals surface area contributed by atoms with Gasteiger partial charge >= 0.3 is 0 Å². The molecule has 2 heterocycles. The highest BCUT2D eigenvalue weighted by molar-refractivity contribution is 5.38. The van der Waals surface area contributed by atoms with Crippen LogP contribution in [0.3, 0.4) is 0 Å². The Kier molecular flexibility index (Phi) is 6.31. The van der Waals surface area contributed by atoms with E-state index in [2.05, 4.69) is 26.3 Å². The van der Waals surface area contributed by atoms with E-state index in [1.54, 1.807) is 19.4 Å². The zero-order chi connectivity index (χ0) is 16.7. The van der Waals surface area contributed by atoms with Crippen molar-refractivity contribution >= 4 is 5.82 Å². The van der Waals surface area contributed by atoms with Gasteiger partial charge in [0.25, 0.3) is 0 Å². The van der Waals surface area contributed by atoms with Crippen molar-refractivity contribution in [3.63, 3.8) is 0 Å². The lowest BCUT2D eigenvalue weighted by atomic mass is 10.1. The predicted octanol–water partition coefficient (Wildman–Crippen LogP) is 1.70. The molecule has 2 rings (SSSR count). The first kappa shape index (κ1) is 17.2. The summed E-state index contributed by atoms with van der Waals surface area (Å²) in [5.41, 5.74) is 1.99. The lowest BCUT2D eigenvalue weighted by Gasteiger charge is -2.18. The van der Waals surface area contributed by atoms with E-state index in [9.17, 15) is 4.79 Å². The van der Waals surface area contributed by atoms with Crippen molar-refractivity contribution in [1.29, 1.82) is 0 Å². The molecule has 0 spiro atoms. The summed E-state index contributed by atoms with van der Waals surface area (Å²) < 4.78 is 5.07. The number of H-pyrrole nitrogens is 1. The third-order valence-corrected chi connectivity index (χ3v) is 3.74. The fourth-order valence-corrected chi connectivity index (χ4v) is 2.21. The fraction of sp³-hybridized carbons (Fsp3) is 0.412. The second kappa shape index (κ2) is 8.45. The van der Waals surface area contributed by atoms with Gasteiger partial charge in [0.05, 0.1) is 6.61 Å². The molecule has 0 aliphatic heterocycles. The van der Waals surface area contributed by atoms with Crippen LogP contribution in [0.4, 0.5) is 5.82 Å². The number of ether oxygens (including phenoxy) is 1.